The Morgan fingerprint density at radius 2 is 2.06 bits per heavy atom. The van der Waals surface area contributed by atoms with Crippen LogP contribution in [0.1, 0.15) is 5.82 Å². The first-order chi connectivity index (χ1) is 7.68. The highest BCUT2D eigenvalue weighted by atomic mass is 16.7. The molecule has 0 saturated carbocycles. The Morgan fingerprint density at radius 1 is 1.31 bits per heavy atom. The lowest BCUT2D eigenvalue weighted by molar-refractivity contribution is 0.100. The Morgan fingerprint density at radius 3 is 2.81 bits per heavy atom. The third-order valence-corrected chi connectivity index (χ3v) is 2.44. The molecule has 2 aromatic rings. The van der Waals surface area contributed by atoms with E-state index in [9.17, 15) is 0 Å². The van der Waals surface area contributed by atoms with Gasteiger partial charge in [-0.15, -0.1) is 0 Å². The van der Waals surface area contributed by atoms with Crippen LogP contribution in [0.3, 0.4) is 0 Å². The standard InChI is InChI=1S/C12H17N3O/c1-10-13-11-6-4-5-7-12(11)15(10)16-9-8-14(2)3/h4-7H,8-9H2,1-3H3. The number of benzene rings is 1. The molecule has 0 aliphatic carbocycles. The number of fused-ring (bicyclic) bond motifs is 1. The van der Waals surface area contributed by atoms with Crippen LogP contribution in [-0.2, 0) is 0 Å². The third-order valence-electron chi connectivity index (χ3n) is 2.44. The molecule has 0 N–H and O–H groups in total. The minimum atomic E-state index is 0.661. The molecule has 0 amide bonds. The SMILES string of the molecule is Cc1nc2ccccc2n1OCCN(C)C. The molecule has 0 bridgehead atoms. The van der Waals surface area contributed by atoms with Crippen LogP contribution in [0.15, 0.2) is 24.3 Å². The number of nitrogens with zero attached hydrogens (tertiary/aromatic N) is 3. The van der Waals surface area contributed by atoms with Crippen molar-refractivity contribution in [2.45, 2.75) is 6.92 Å². The average Bonchev–Trinajstić information content (AvgIpc) is 2.55. The van der Waals surface area contributed by atoms with Crippen molar-refractivity contribution in [1.29, 1.82) is 0 Å². The van der Waals surface area contributed by atoms with Crippen LogP contribution >= 0.6 is 0 Å². The zero-order valence-corrected chi connectivity index (χ0v) is 9.97. The molecule has 4 nitrogen and oxygen atoms in total. The molecular weight excluding hydrogens is 202 g/mol. The van der Waals surface area contributed by atoms with Gasteiger partial charge in [0.05, 0.1) is 5.52 Å². The van der Waals surface area contributed by atoms with Crippen LogP contribution in [-0.4, -0.2) is 41.9 Å². The monoisotopic (exact) mass is 219 g/mol. The van der Waals surface area contributed by atoms with Crippen LogP contribution in [0.4, 0.5) is 0 Å². The number of para-hydroxylation sites is 2. The van der Waals surface area contributed by atoms with Crippen LogP contribution in [0, 0.1) is 6.92 Å². The van der Waals surface area contributed by atoms with Gasteiger partial charge in [-0.1, -0.05) is 12.1 Å². The summed E-state index contributed by atoms with van der Waals surface area (Å²) in [6.45, 7) is 3.51. The molecule has 0 spiro atoms. The van der Waals surface area contributed by atoms with E-state index < -0.39 is 0 Å². The fourth-order valence-electron chi connectivity index (χ4n) is 1.60. The Balaban J connectivity index is 2.19. The van der Waals surface area contributed by atoms with Crippen molar-refractivity contribution in [3.63, 3.8) is 0 Å². The first-order valence-corrected chi connectivity index (χ1v) is 5.40. The summed E-state index contributed by atoms with van der Waals surface area (Å²) in [7, 11) is 4.06. The normalized spacial score (nSPS) is 11.2. The minimum Gasteiger partial charge on any atom is -0.411 e. The number of hydrogen-bond acceptors (Lipinski definition) is 3. The molecule has 4 heteroatoms. The number of hydrogen-bond donors (Lipinski definition) is 0. The molecule has 0 saturated heterocycles. The lowest BCUT2D eigenvalue weighted by Crippen LogP contribution is -2.24. The summed E-state index contributed by atoms with van der Waals surface area (Å²) in [5.41, 5.74) is 2.00. The first kappa shape index (κ1) is 11.0. The van der Waals surface area contributed by atoms with E-state index in [1.165, 1.54) is 0 Å². The van der Waals surface area contributed by atoms with Crippen molar-refractivity contribution in [2.75, 3.05) is 27.2 Å². The van der Waals surface area contributed by atoms with Crippen LogP contribution in [0.25, 0.3) is 11.0 Å². The van der Waals surface area contributed by atoms with E-state index in [0.717, 1.165) is 23.4 Å². The molecule has 0 atom stereocenters. The summed E-state index contributed by atoms with van der Waals surface area (Å²) in [6, 6.07) is 7.99. The number of likely N-dealkylation sites (N-methyl/N-ethyl adjacent to an activating group) is 1. The molecule has 1 aromatic heterocycles. The summed E-state index contributed by atoms with van der Waals surface area (Å²) in [5.74, 6) is 0.889. The molecule has 0 radical (unpaired) electrons. The van der Waals surface area contributed by atoms with E-state index >= 15 is 0 Å². The number of aryl methyl sites for hydroxylation is 1. The van der Waals surface area contributed by atoms with Gasteiger partial charge in [-0.2, -0.15) is 4.73 Å². The van der Waals surface area contributed by atoms with Gasteiger partial charge in [0.25, 0.3) is 0 Å². The fourth-order valence-corrected chi connectivity index (χ4v) is 1.60. The zero-order valence-electron chi connectivity index (χ0n) is 9.97. The lowest BCUT2D eigenvalue weighted by atomic mass is 10.3. The maximum absolute atomic E-state index is 5.71. The second-order valence-corrected chi connectivity index (χ2v) is 4.08. The van der Waals surface area contributed by atoms with Gasteiger partial charge < -0.3 is 9.74 Å². The van der Waals surface area contributed by atoms with Gasteiger partial charge in [0.2, 0.25) is 0 Å². The molecule has 0 unspecified atom stereocenters. The zero-order chi connectivity index (χ0) is 11.5. The van der Waals surface area contributed by atoms with Crippen molar-refractivity contribution in [3.8, 4) is 0 Å². The predicted octanol–water partition coefficient (Wildman–Crippen LogP) is 1.33. The molecule has 1 aromatic carbocycles. The second kappa shape index (κ2) is 4.53. The quantitative estimate of drug-likeness (QED) is 0.777. The molecule has 86 valence electrons. The smallest absolute Gasteiger partial charge is 0.143 e. The van der Waals surface area contributed by atoms with E-state index in [2.05, 4.69) is 9.88 Å². The Bertz CT molecular complexity index is 476. The van der Waals surface area contributed by atoms with Gasteiger partial charge >= 0.3 is 0 Å². The molecule has 0 fully saturated rings. The second-order valence-electron chi connectivity index (χ2n) is 4.08. The van der Waals surface area contributed by atoms with Gasteiger partial charge in [-0.05, 0) is 33.2 Å². The summed E-state index contributed by atoms with van der Waals surface area (Å²) in [6.07, 6.45) is 0. The Hall–Kier alpha value is -1.55. The fraction of sp³-hybridized carbons (Fsp3) is 0.417. The Labute approximate surface area is 95.4 Å². The summed E-state index contributed by atoms with van der Waals surface area (Å²) in [5, 5.41) is 0. The van der Waals surface area contributed by atoms with Crippen LogP contribution < -0.4 is 4.84 Å². The highest BCUT2D eigenvalue weighted by Crippen LogP contribution is 2.13. The summed E-state index contributed by atoms with van der Waals surface area (Å²) in [4.78, 5) is 12.2. The predicted molar refractivity (Wildman–Crippen MR) is 64.5 cm³/mol. The molecule has 2 rings (SSSR count). The van der Waals surface area contributed by atoms with E-state index in [4.69, 9.17) is 4.84 Å². The van der Waals surface area contributed by atoms with Crippen molar-refractivity contribution in [3.05, 3.63) is 30.1 Å². The minimum absolute atomic E-state index is 0.661. The number of aromatic nitrogens is 2. The van der Waals surface area contributed by atoms with Gasteiger partial charge in [-0.3, -0.25) is 0 Å². The van der Waals surface area contributed by atoms with Gasteiger partial charge in [0, 0.05) is 6.54 Å². The summed E-state index contributed by atoms with van der Waals surface area (Å²) >= 11 is 0. The van der Waals surface area contributed by atoms with Gasteiger partial charge in [0.1, 0.15) is 17.9 Å². The molecular formula is C12H17N3O. The van der Waals surface area contributed by atoms with Crippen molar-refractivity contribution in [1.82, 2.24) is 14.6 Å². The van der Waals surface area contributed by atoms with Gasteiger partial charge in [0.15, 0.2) is 0 Å². The lowest BCUT2D eigenvalue weighted by Gasteiger charge is -2.12. The average molecular weight is 219 g/mol. The van der Waals surface area contributed by atoms with Crippen LogP contribution in [0.5, 0.6) is 0 Å². The Kier molecular flexibility index (Phi) is 3.10. The number of imidazole rings is 1. The van der Waals surface area contributed by atoms with Crippen molar-refractivity contribution in [2.24, 2.45) is 0 Å². The maximum Gasteiger partial charge on any atom is 0.143 e. The van der Waals surface area contributed by atoms with E-state index in [0.29, 0.717) is 6.61 Å². The third kappa shape index (κ3) is 2.17. The molecule has 1 heterocycles. The molecule has 0 aliphatic rings. The van der Waals surface area contributed by atoms with Crippen molar-refractivity contribution >= 4 is 11.0 Å². The van der Waals surface area contributed by atoms with Crippen LogP contribution in [0.2, 0.25) is 0 Å². The summed E-state index contributed by atoms with van der Waals surface area (Å²) < 4.78 is 1.80. The molecule has 0 aliphatic heterocycles. The largest absolute Gasteiger partial charge is 0.411 e. The van der Waals surface area contributed by atoms with Crippen molar-refractivity contribution < 1.29 is 4.84 Å². The highest BCUT2D eigenvalue weighted by molar-refractivity contribution is 5.75. The van der Waals surface area contributed by atoms with E-state index in [1.807, 2.05) is 45.3 Å². The topological polar surface area (TPSA) is 30.3 Å². The highest BCUT2D eigenvalue weighted by Gasteiger charge is 2.06. The molecule has 16 heavy (non-hydrogen) atoms. The maximum atomic E-state index is 5.71. The van der Waals surface area contributed by atoms with E-state index in [1.54, 1.807) is 4.73 Å². The number of rotatable bonds is 4. The first-order valence-electron chi connectivity index (χ1n) is 5.40. The van der Waals surface area contributed by atoms with Gasteiger partial charge in [-0.25, -0.2) is 4.98 Å². The van der Waals surface area contributed by atoms with E-state index in [-0.39, 0.29) is 0 Å².